The van der Waals surface area contributed by atoms with Gasteiger partial charge < -0.3 is 10.3 Å². The number of benzene rings is 1. The van der Waals surface area contributed by atoms with Gasteiger partial charge in [0.1, 0.15) is 0 Å². The van der Waals surface area contributed by atoms with E-state index in [2.05, 4.69) is 21.5 Å². The van der Waals surface area contributed by atoms with Gasteiger partial charge in [0, 0.05) is 17.3 Å². The van der Waals surface area contributed by atoms with Gasteiger partial charge in [-0.05, 0) is 38.1 Å². The number of hydrogen-bond acceptors (Lipinski definition) is 3. The smallest absolute Gasteiger partial charge is 0.0997 e. The molecule has 1 aromatic carbocycles. The number of hydrogen-bond donors (Lipinski definition) is 1. The molecule has 0 aliphatic carbocycles. The van der Waals surface area contributed by atoms with Crippen LogP contribution < -0.4 is 5.73 Å². The molecule has 3 rings (SSSR count). The maximum atomic E-state index is 5.96. The fourth-order valence-electron chi connectivity index (χ4n) is 2.13. The number of rotatable bonds is 1. The third-order valence-electron chi connectivity index (χ3n) is 3.29. The van der Waals surface area contributed by atoms with E-state index < -0.39 is 0 Å². The second kappa shape index (κ2) is 3.84. The van der Waals surface area contributed by atoms with Gasteiger partial charge in [-0.2, -0.15) is 0 Å². The third-order valence-corrected chi connectivity index (χ3v) is 3.29. The van der Waals surface area contributed by atoms with Crippen LogP contribution in [0, 0.1) is 13.8 Å². The monoisotopic (exact) mass is 238 g/mol. The molecule has 0 atom stereocenters. The van der Waals surface area contributed by atoms with E-state index in [4.69, 9.17) is 5.73 Å². The first-order chi connectivity index (χ1) is 8.68. The molecule has 2 heterocycles. The summed E-state index contributed by atoms with van der Waals surface area (Å²) < 4.78 is 2.07. The van der Waals surface area contributed by atoms with Crippen molar-refractivity contribution in [3.05, 3.63) is 48.2 Å². The van der Waals surface area contributed by atoms with Crippen molar-refractivity contribution < 1.29 is 0 Å². The summed E-state index contributed by atoms with van der Waals surface area (Å²) in [5, 5.41) is 1.04. The fraction of sp³-hybridized carbons (Fsp3) is 0.143. The molecular weight excluding hydrogens is 224 g/mol. The van der Waals surface area contributed by atoms with Crippen LogP contribution in [0.15, 0.2) is 36.8 Å². The fourth-order valence-corrected chi connectivity index (χ4v) is 2.13. The molecule has 0 saturated carbocycles. The van der Waals surface area contributed by atoms with E-state index in [0.717, 1.165) is 28.0 Å². The number of nitrogens with two attached hydrogens (primary N) is 1. The molecule has 0 unspecified atom stereocenters. The molecule has 0 bridgehead atoms. The molecular formula is C14H14N4. The molecule has 0 aliphatic heterocycles. The van der Waals surface area contributed by atoms with Gasteiger partial charge >= 0.3 is 0 Å². The van der Waals surface area contributed by atoms with E-state index in [1.807, 2.05) is 37.5 Å². The molecule has 4 heteroatoms. The van der Waals surface area contributed by atoms with Gasteiger partial charge in [-0.1, -0.05) is 0 Å². The zero-order valence-electron chi connectivity index (χ0n) is 10.4. The third kappa shape index (κ3) is 1.46. The number of aromatic nitrogens is 3. The lowest BCUT2D eigenvalue weighted by molar-refractivity contribution is 1.01. The minimum Gasteiger partial charge on any atom is -0.397 e. The van der Waals surface area contributed by atoms with E-state index in [1.165, 1.54) is 0 Å². The molecule has 90 valence electrons. The Morgan fingerprint density at radius 1 is 1.11 bits per heavy atom. The highest BCUT2D eigenvalue weighted by atomic mass is 15.1. The maximum absolute atomic E-state index is 5.96. The molecule has 0 radical (unpaired) electrons. The van der Waals surface area contributed by atoms with Crippen LogP contribution in [0.3, 0.4) is 0 Å². The Balaban J connectivity index is 2.37. The number of nitrogens with zero attached hydrogens (tertiary/aromatic N) is 3. The highest BCUT2D eigenvalue weighted by Crippen LogP contribution is 2.26. The van der Waals surface area contributed by atoms with E-state index in [-0.39, 0.29) is 0 Å². The standard InChI is InChI=1S/C14H14N4/c1-9-10(2)18(8-17-9)13-6-5-12(15)14-11(13)4-3-7-16-14/h3-8H,15H2,1-2H3. The quantitative estimate of drug-likeness (QED) is 0.663. The first-order valence-electron chi connectivity index (χ1n) is 5.82. The molecule has 2 aromatic heterocycles. The lowest BCUT2D eigenvalue weighted by Gasteiger charge is -2.10. The number of anilines is 1. The van der Waals surface area contributed by atoms with Gasteiger partial charge in [-0.25, -0.2) is 4.98 Å². The Morgan fingerprint density at radius 3 is 2.67 bits per heavy atom. The number of nitrogen functional groups attached to an aromatic ring is 1. The van der Waals surface area contributed by atoms with Crippen LogP contribution in [0.2, 0.25) is 0 Å². The minimum absolute atomic E-state index is 0.698. The summed E-state index contributed by atoms with van der Waals surface area (Å²) in [6.07, 6.45) is 3.59. The molecule has 0 saturated heterocycles. The zero-order chi connectivity index (χ0) is 12.7. The first kappa shape index (κ1) is 10.8. The lowest BCUT2D eigenvalue weighted by Crippen LogP contribution is -1.99. The first-order valence-corrected chi connectivity index (χ1v) is 5.82. The van der Waals surface area contributed by atoms with Crippen molar-refractivity contribution in [1.29, 1.82) is 0 Å². The van der Waals surface area contributed by atoms with Crippen molar-refractivity contribution in [2.45, 2.75) is 13.8 Å². The van der Waals surface area contributed by atoms with Crippen molar-refractivity contribution in [2.24, 2.45) is 0 Å². The molecule has 18 heavy (non-hydrogen) atoms. The zero-order valence-corrected chi connectivity index (χ0v) is 10.4. The Morgan fingerprint density at radius 2 is 1.94 bits per heavy atom. The highest BCUT2D eigenvalue weighted by Gasteiger charge is 2.09. The molecule has 0 spiro atoms. The number of pyridine rings is 1. The summed E-state index contributed by atoms with van der Waals surface area (Å²) >= 11 is 0. The Kier molecular flexibility index (Phi) is 2.30. The molecule has 2 N–H and O–H groups in total. The summed E-state index contributed by atoms with van der Waals surface area (Å²) in [6, 6.07) is 7.85. The minimum atomic E-state index is 0.698. The second-order valence-corrected chi connectivity index (χ2v) is 4.36. The number of imidazole rings is 1. The topological polar surface area (TPSA) is 56.7 Å². The van der Waals surface area contributed by atoms with E-state index in [9.17, 15) is 0 Å². The van der Waals surface area contributed by atoms with E-state index in [0.29, 0.717) is 5.69 Å². The van der Waals surface area contributed by atoms with Crippen LogP contribution in [-0.4, -0.2) is 14.5 Å². The summed E-state index contributed by atoms with van der Waals surface area (Å²) in [4.78, 5) is 8.68. The van der Waals surface area contributed by atoms with Crippen molar-refractivity contribution in [3.63, 3.8) is 0 Å². The summed E-state index contributed by atoms with van der Waals surface area (Å²) in [6.45, 7) is 4.06. The van der Waals surface area contributed by atoms with Gasteiger partial charge in [-0.15, -0.1) is 0 Å². The van der Waals surface area contributed by atoms with Crippen LogP contribution >= 0.6 is 0 Å². The lowest BCUT2D eigenvalue weighted by atomic mass is 10.1. The molecule has 0 aliphatic rings. The summed E-state index contributed by atoms with van der Waals surface area (Å²) in [5.41, 5.74) is 10.7. The van der Waals surface area contributed by atoms with Crippen LogP contribution in [-0.2, 0) is 0 Å². The van der Waals surface area contributed by atoms with Crippen LogP contribution in [0.5, 0.6) is 0 Å². The highest BCUT2D eigenvalue weighted by molar-refractivity contribution is 5.95. The molecule has 3 aromatic rings. The Bertz CT molecular complexity index is 728. The van der Waals surface area contributed by atoms with Crippen LogP contribution in [0.4, 0.5) is 5.69 Å². The second-order valence-electron chi connectivity index (χ2n) is 4.36. The number of aryl methyl sites for hydroxylation is 1. The predicted octanol–water partition coefficient (Wildman–Crippen LogP) is 2.62. The molecule has 4 nitrogen and oxygen atoms in total. The van der Waals surface area contributed by atoms with Crippen LogP contribution in [0.1, 0.15) is 11.4 Å². The van der Waals surface area contributed by atoms with Gasteiger partial charge in [0.15, 0.2) is 0 Å². The predicted molar refractivity (Wildman–Crippen MR) is 72.8 cm³/mol. The van der Waals surface area contributed by atoms with E-state index in [1.54, 1.807) is 6.20 Å². The van der Waals surface area contributed by atoms with Gasteiger partial charge in [0.05, 0.1) is 28.9 Å². The summed E-state index contributed by atoms with van der Waals surface area (Å²) in [7, 11) is 0. The normalized spacial score (nSPS) is 11.0. The average Bonchev–Trinajstić information content (AvgIpc) is 2.71. The van der Waals surface area contributed by atoms with Crippen molar-refractivity contribution in [2.75, 3.05) is 5.73 Å². The Hall–Kier alpha value is -2.36. The average molecular weight is 238 g/mol. The molecule has 0 fully saturated rings. The van der Waals surface area contributed by atoms with E-state index >= 15 is 0 Å². The maximum Gasteiger partial charge on any atom is 0.0997 e. The SMILES string of the molecule is Cc1ncn(-c2ccc(N)c3ncccc23)c1C. The largest absolute Gasteiger partial charge is 0.397 e. The summed E-state index contributed by atoms with van der Waals surface area (Å²) in [5.74, 6) is 0. The Labute approximate surface area is 105 Å². The van der Waals surface area contributed by atoms with Crippen molar-refractivity contribution >= 4 is 16.6 Å². The van der Waals surface area contributed by atoms with Gasteiger partial charge in [-0.3, -0.25) is 4.98 Å². The van der Waals surface area contributed by atoms with Gasteiger partial charge in [0.25, 0.3) is 0 Å². The van der Waals surface area contributed by atoms with Crippen LogP contribution in [0.25, 0.3) is 16.6 Å². The number of fused-ring (bicyclic) bond motifs is 1. The van der Waals surface area contributed by atoms with Gasteiger partial charge in [0.2, 0.25) is 0 Å². The van der Waals surface area contributed by atoms with Crippen molar-refractivity contribution in [3.8, 4) is 5.69 Å². The molecule has 0 amide bonds. The van der Waals surface area contributed by atoms with Crippen molar-refractivity contribution in [1.82, 2.24) is 14.5 Å².